The van der Waals surface area contributed by atoms with Crippen LogP contribution in [-0.2, 0) is 14.5 Å². The first-order valence-corrected chi connectivity index (χ1v) is 13.5. The summed E-state index contributed by atoms with van der Waals surface area (Å²) < 4.78 is 103. The molecule has 1 fully saturated rings. The number of rotatable bonds is 8. The maximum absolute atomic E-state index is 14.1. The van der Waals surface area contributed by atoms with Crippen molar-refractivity contribution in [1.29, 1.82) is 0 Å². The molecular formula is C24H23F6N5O3S. The zero-order valence-electron chi connectivity index (χ0n) is 20.6. The second kappa shape index (κ2) is 10.9. The standard InChI is InChI=1S/C24H23F6N5O3S/c1-12(23(36)33-13(2)24(28,29)30)38-19-8-14(25)4-5-17(19)34-22-20-16(21(26)27)9-15(10-18(20)31-11-32-22)35-39(37)6-3-7-39/h4-5,8-13,21H,3,6-7H2,1-2H3,(H,33,36)(H,31,32,34)/t12-,13+/m1/s1. The van der Waals surface area contributed by atoms with E-state index in [-0.39, 0.29) is 33.8 Å². The molecule has 2 atom stereocenters. The second-order valence-corrected chi connectivity index (χ2v) is 11.4. The van der Waals surface area contributed by atoms with Gasteiger partial charge in [0.15, 0.2) is 6.10 Å². The molecule has 3 aromatic rings. The molecule has 4 rings (SSSR count). The monoisotopic (exact) mass is 575 g/mol. The Hall–Kier alpha value is -3.62. The number of anilines is 2. The smallest absolute Gasteiger partial charge is 0.408 e. The number of hydrogen-bond acceptors (Lipinski definition) is 7. The topological polar surface area (TPSA) is 106 Å². The average Bonchev–Trinajstić information content (AvgIpc) is 2.83. The molecule has 0 saturated carbocycles. The summed E-state index contributed by atoms with van der Waals surface area (Å²) in [7, 11) is -2.48. The third-order valence-corrected chi connectivity index (χ3v) is 8.30. The van der Waals surface area contributed by atoms with E-state index in [1.807, 2.05) is 0 Å². The first-order valence-electron chi connectivity index (χ1n) is 11.7. The molecule has 2 aromatic carbocycles. The predicted octanol–water partition coefficient (Wildman–Crippen LogP) is 5.79. The SMILES string of the molecule is C[C@H](NC(=O)[C@@H](C)Oc1cc(F)ccc1Nc1ncnc2cc(N=S3(=O)CCC3)cc(C(F)F)c12)C(F)(F)F. The molecule has 8 nitrogen and oxygen atoms in total. The highest BCUT2D eigenvalue weighted by Crippen LogP contribution is 2.38. The van der Waals surface area contributed by atoms with Gasteiger partial charge in [-0.15, -0.1) is 0 Å². The highest BCUT2D eigenvalue weighted by Gasteiger charge is 2.38. The van der Waals surface area contributed by atoms with Gasteiger partial charge >= 0.3 is 6.18 Å². The van der Waals surface area contributed by atoms with Crippen molar-refractivity contribution >= 4 is 43.7 Å². The Bertz CT molecular complexity index is 1510. The lowest BCUT2D eigenvalue weighted by Gasteiger charge is -2.22. The van der Waals surface area contributed by atoms with Gasteiger partial charge in [0.2, 0.25) is 0 Å². The first-order chi connectivity index (χ1) is 18.3. The Morgan fingerprint density at radius 3 is 2.46 bits per heavy atom. The Balaban J connectivity index is 1.68. The van der Waals surface area contributed by atoms with Gasteiger partial charge < -0.3 is 15.4 Å². The van der Waals surface area contributed by atoms with Crippen molar-refractivity contribution in [1.82, 2.24) is 15.3 Å². The fraction of sp³-hybridized carbons (Fsp3) is 0.375. The number of halogens is 6. The van der Waals surface area contributed by atoms with E-state index >= 15 is 0 Å². The first kappa shape index (κ1) is 28.4. The molecular weight excluding hydrogens is 552 g/mol. The van der Waals surface area contributed by atoms with Crippen LogP contribution < -0.4 is 15.4 Å². The number of nitrogens with one attached hydrogen (secondary N) is 2. The minimum absolute atomic E-state index is 0.00803. The molecule has 0 unspecified atom stereocenters. The summed E-state index contributed by atoms with van der Waals surface area (Å²) in [6.07, 6.45) is -7.33. The molecule has 2 heterocycles. The number of carbonyl (C=O) groups excluding carboxylic acids is 1. The number of hydrogen-bond donors (Lipinski definition) is 2. The van der Waals surface area contributed by atoms with Crippen LogP contribution in [0.3, 0.4) is 0 Å². The fourth-order valence-corrected chi connectivity index (χ4v) is 5.14. The van der Waals surface area contributed by atoms with Gasteiger partial charge in [-0.25, -0.2) is 27.3 Å². The van der Waals surface area contributed by atoms with E-state index < -0.39 is 51.8 Å². The maximum Gasteiger partial charge on any atom is 0.408 e. The van der Waals surface area contributed by atoms with Crippen molar-refractivity contribution in [2.24, 2.45) is 4.36 Å². The summed E-state index contributed by atoms with van der Waals surface area (Å²) in [5, 5.41) is 4.44. The van der Waals surface area contributed by atoms with Crippen LogP contribution in [0.5, 0.6) is 5.75 Å². The maximum atomic E-state index is 14.1. The Labute approximate surface area is 219 Å². The zero-order chi connectivity index (χ0) is 28.5. The van der Waals surface area contributed by atoms with E-state index in [1.54, 1.807) is 5.32 Å². The van der Waals surface area contributed by atoms with Crippen LogP contribution in [0.4, 0.5) is 43.5 Å². The molecule has 1 aromatic heterocycles. The average molecular weight is 576 g/mol. The van der Waals surface area contributed by atoms with Gasteiger partial charge in [-0.2, -0.15) is 17.5 Å². The molecule has 210 valence electrons. The number of amides is 1. The van der Waals surface area contributed by atoms with Crippen molar-refractivity contribution in [2.75, 3.05) is 16.8 Å². The lowest BCUT2D eigenvalue weighted by molar-refractivity contribution is -0.160. The van der Waals surface area contributed by atoms with Crippen LogP contribution in [0.1, 0.15) is 32.3 Å². The molecule has 0 radical (unpaired) electrons. The highest BCUT2D eigenvalue weighted by atomic mass is 32.2. The molecule has 2 N–H and O–H groups in total. The van der Waals surface area contributed by atoms with Crippen molar-refractivity contribution in [3.63, 3.8) is 0 Å². The molecule has 1 aliphatic heterocycles. The van der Waals surface area contributed by atoms with Gasteiger partial charge in [-0.3, -0.25) is 4.79 Å². The number of nitrogens with zero attached hydrogens (tertiary/aromatic N) is 3. The molecule has 0 bridgehead atoms. The van der Waals surface area contributed by atoms with E-state index in [2.05, 4.69) is 19.6 Å². The van der Waals surface area contributed by atoms with Crippen LogP contribution in [0.25, 0.3) is 10.9 Å². The van der Waals surface area contributed by atoms with Crippen molar-refractivity contribution in [3.05, 3.63) is 48.0 Å². The Morgan fingerprint density at radius 1 is 1.13 bits per heavy atom. The van der Waals surface area contributed by atoms with Crippen molar-refractivity contribution in [3.8, 4) is 5.75 Å². The van der Waals surface area contributed by atoms with Crippen LogP contribution in [0.15, 0.2) is 41.0 Å². The number of aromatic nitrogens is 2. The minimum atomic E-state index is -4.68. The van der Waals surface area contributed by atoms with Gasteiger partial charge in [-0.05, 0) is 44.5 Å². The Morgan fingerprint density at radius 2 is 1.85 bits per heavy atom. The summed E-state index contributed by atoms with van der Waals surface area (Å²) in [5.74, 6) is -1.53. The van der Waals surface area contributed by atoms with Gasteiger partial charge in [-0.1, -0.05) is 0 Å². The largest absolute Gasteiger partial charge is 0.479 e. The number of carbonyl (C=O) groups is 1. The molecule has 1 saturated heterocycles. The number of fused-ring (bicyclic) bond motifs is 1. The quantitative estimate of drug-likeness (QED) is 0.330. The lowest BCUT2D eigenvalue weighted by Crippen LogP contribution is -2.47. The van der Waals surface area contributed by atoms with Crippen molar-refractivity contribution in [2.45, 2.75) is 45.0 Å². The van der Waals surface area contributed by atoms with Gasteiger partial charge in [0.1, 0.15) is 29.8 Å². The number of alkyl halides is 5. The summed E-state index contributed by atoms with van der Waals surface area (Å²) in [6, 6.07) is 3.44. The number of ether oxygens (including phenoxy) is 1. The highest BCUT2D eigenvalue weighted by molar-refractivity contribution is 7.95. The fourth-order valence-electron chi connectivity index (χ4n) is 3.68. The third kappa shape index (κ3) is 6.52. The van der Waals surface area contributed by atoms with E-state index in [1.165, 1.54) is 19.1 Å². The van der Waals surface area contributed by atoms with Gasteiger partial charge in [0, 0.05) is 23.1 Å². The van der Waals surface area contributed by atoms with Gasteiger partial charge in [0.25, 0.3) is 12.3 Å². The summed E-state index contributed by atoms with van der Waals surface area (Å²) >= 11 is 0. The van der Waals surface area contributed by atoms with E-state index in [0.717, 1.165) is 37.9 Å². The van der Waals surface area contributed by atoms with E-state index in [9.17, 15) is 35.3 Å². The van der Waals surface area contributed by atoms with Crippen LogP contribution >= 0.6 is 0 Å². The molecule has 1 aliphatic rings. The summed E-state index contributed by atoms with van der Waals surface area (Å²) in [5.41, 5.74) is -0.336. The number of benzene rings is 2. The second-order valence-electron chi connectivity index (χ2n) is 8.88. The van der Waals surface area contributed by atoms with Crippen molar-refractivity contribution < 1.29 is 40.1 Å². The lowest BCUT2D eigenvalue weighted by atomic mass is 10.1. The van der Waals surface area contributed by atoms with Crippen LogP contribution in [0, 0.1) is 5.82 Å². The van der Waals surface area contributed by atoms with Gasteiger partial charge in [0.05, 0.1) is 32.0 Å². The molecule has 1 amide bonds. The van der Waals surface area contributed by atoms with E-state index in [4.69, 9.17) is 4.74 Å². The third-order valence-electron chi connectivity index (χ3n) is 5.91. The Kier molecular flexibility index (Phi) is 7.91. The normalized spacial score (nSPS) is 16.3. The molecule has 15 heteroatoms. The van der Waals surface area contributed by atoms with Crippen LogP contribution in [-0.4, -0.2) is 49.9 Å². The van der Waals surface area contributed by atoms with E-state index in [0.29, 0.717) is 11.5 Å². The molecule has 0 spiro atoms. The zero-order valence-corrected chi connectivity index (χ0v) is 21.4. The summed E-state index contributed by atoms with van der Waals surface area (Å²) in [6.45, 7) is 1.92. The summed E-state index contributed by atoms with van der Waals surface area (Å²) in [4.78, 5) is 20.3. The molecule has 39 heavy (non-hydrogen) atoms. The molecule has 0 aliphatic carbocycles. The predicted molar refractivity (Wildman–Crippen MR) is 133 cm³/mol. The minimum Gasteiger partial charge on any atom is -0.479 e. The van der Waals surface area contributed by atoms with Crippen LogP contribution in [0.2, 0.25) is 0 Å².